The Hall–Kier alpha value is -0.900. The summed E-state index contributed by atoms with van der Waals surface area (Å²) in [5.74, 6) is 2.01. The normalized spacial score (nSPS) is 22.3. The molecule has 0 spiro atoms. The van der Waals surface area contributed by atoms with Crippen molar-refractivity contribution in [3.8, 4) is 0 Å². The second-order valence-electron chi connectivity index (χ2n) is 3.19. The molecule has 66 valence electrons. The molecular formula is C8H13N3O. The zero-order valence-corrected chi connectivity index (χ0v) is 7.19. The van der Waals surface area contributed by atoms with Gasteiger partial charge in [-0.05, 0) is 6.42 Å². The zero-order valence-electron chi connectivity index (χ0n) is 7.19. The monoisotopic (exact) mass is 167 g/mol. The zero-order chi connectivity index (χ0) is 8.55. The second kappa shape index (κ2) is 2.86. The van der Waals surface area contributed by atoms with Gasteiger partial charge in [0.1, 0.15) is 11.6 Å². The number of fused-ring (bicyclic) bond motifs is 1. The molecule has 0 amide bonds. The van der Waals surface area contributed by atoms with Gasteiger partial charge in [0.25, 0.3) is 0 Å². The summed E-state index contributed by atoms with van der Waals surface area (Å²) in [7, 11) is 0. The van der Waals surface area contributed by atoms with Crippen molar-refractivity contribution in [2.75, 3.05) is 0 Å². The summed E-state index contributed by atoms with van der Waals surface area (Å²) in [5, 5.41) is 17.5. The molecule has 1 aliphatic rings. The molecule has 2 rings (SSSR count). The van der Waals surface area contributed by atoms with Crippen LogP contribution in [0.1, 0.15) is 25.0 Å². The van der Waals surface area contributed by atoms with Crippen LogP contribution in [0, 0.1) is 0 Å². The smallest absolute Gasteiger partial charge is 0.133 e. The van der Waals surface area contributed by atoms with E-state index >= 15 is 0 Å². The highest BCUT2D eigenvalue weighted by molar-refractivity contribution is 4.99. The third-order valence-electron chi connectivity index (χ3n) is 2.31. The Bertz CT molecular complexity index is 268. The molecule has 12 heavy (non-hydrogen) atoms. The Morgan fingerprint density at radius 1 is 1.58 bits per heavy atom. The molecule has 1 atom stereocenters. The van der Waals surface area contributed by atoms with E-state index < -0.39 is 0 Å². The van der Waals surface area contributed by atoms with Crippen LogP contribution in [0.4, 0.5) is 0 Å². The van der Waals surface area contributed by atoms with Gasteiger partial charge in [0.2, 0.25) is 0 Å². The van der Waals surface area contributed by atoms with Crippen LogP contribution in [0.15, 0.2) is 0 Å². The number of rotatable bonds is 1. The van der Waals surface area contributed by atoms with Gasteiger partial charge in [0, 0.05) is 12.8 Å². The molecular weight excluding hydrogens is 154 g/mol. The van der Waals surface area contributed by atoms with Gasteiger partial charge < -0.3 is 9.67 Å². The Balaban J connectivity index is 2.34. The van der Waals surface area contributed by atoms with Crippen LogP contribution in [0.5, 0.6) is 0 Å². The van der Waals surface area contributed by atoms with Crippen LogP contribution >= 0.6 is 0 Å². The second-order valence-corrected chi connectivity index (χ2v) is 3.19. The third kappa shape index (κ3) is 1.12. The molecule has 1 aliphatic heterocycles. The van der Waals surface area contributed by atoms with Crippen molar-refractivity contribution < 1.29 is 5.11 Å². The SMILES string of the molecule is CCc1nnc2n1CC(O)CC2. The molecule has 2 heterocycles. The highest BCUT2D eigenvalue weighted by atomic mass is 16.3. The minimum absolute atomic E-state index is 0.209. The van der Waals surface area contributed by atoms with E-state index in [1.54, 1.807) is 0 Å². The van der Waals surface area contributed by atoms with Gasteiger partial charge in [0.15, 0.2) is 0 Å². The Labute approximate surface area is 71.2 Å². The maximum atomic E-state index is 9.42. The van der Waals surface area contributed by atoms with Gasteiger partial charge in [0.05, 0.1) is 12.6 Å². The van der Waals surface area contributed by atoms with Gasteiger partial charge >= 0.3 is 0 Å². The summed E-state index contributed by atoms with van der Waals surface area (Å²) in [6, 6.07) is 0. The molecule has 1 aromatic heterocycles. The topological polar surface area (TPSA) is 50.9 Å². The van der Waals surface area contributed by atoms with E-state index in [0.717, 1.165) is 30.9 Å². The van der Waals surface area contributed by atoms with Crippen molar-refractivity contribution in [3.63, 3.8) is 0 Å². The van der Waals surface area contributed by atoms with E-state index in [9.17, 15) is 5.11 Å². The quantitative estimate of drug-likeness (QED) is 0.647. The van der Waals surface area contributed by atoms with E-state index in [4.69, 9.17) is 0 Å². The number of aliphatic hydroxyl groups excluding tert-OH is 1. The number of aliphatic hydroxyl groups is 1. The molecule has 0 radical (unpaired) electrons. The minimum atomic E-state index is -0.209. The number of aryl methyl sites for hydroxylation is 2. The van der Waals surface area contributed by atoms with E-state index in [1.165, 1.54) is 0 Å². The summed E-state index contributed by atoms with van der Waals surface area (Å²) in [6.45, 7) is 2.73. The molecule has 0 saturated heterocycles. The lowest BCUT2D eigenvalue weighted by molar-refractivity contribution is 0.129. The largest absolute Gasteiger partial charge is 0.391 e. The molecule has 1 N–H and O–H groups in total. The fourth-order valence-corrected chi connectivity index (χ4v) is 1.63. The fraction of sp³-hybridized carbons (Fsp3) is 0.750. The summed E-state index contributed by atoms with van der Waals surface area (Å²) in [4.78, 5) is 0. The predicted octanol–water partition coefficient (Wildman–Crippen LogP) is 0.148. The van der Waals surface area contributed by atoms with Gasteiger partial charge in [-0.2, -0.15) is 0 Å². The maximum absolute atomic E-state index is 9.42. The molecule has 0 aliphatic carbocycles. The van der Waals surface area contributed by atoms with Crippen LogP contribution in [-0.4, -0.2) is 26.0 Å². The Morgan fingerprint density at radius 2 is 2.42 bits per heavy atom. The summed E-state index contributed by atoms with van der Waals surface area (Å²) in [6.07, 6.45) is 2.36. The van der Waals surface area contributed by atoms with Crippen molar-refractivity contribution in [1.82, 2.24) is 14.8 Å². The number of aromatic nitrogens is 3. The van der Waals surface area contributed by atoms with Crippen molar-refractivity contribution in [3.05, 3.63) is 11.6 Å². The first-order valence-electron chi connectivity index (χ1n) is 4.40. The Morgan fingerprint density at radius 3 is 3.17 bits per heavy atom. The first kappa shape index (κ1) is 7.73. The van der Waals surface area contributed by atoms with E-state index in [2.05, 4.69) is 17.1 Å². The van der Waals surface area contributed by atoms with E-state index in [-0.39, 0.29) is 6.10 Å². The van der Waals surface area contributed by atoms with E-state index in [0.29, 0.717) is 6.54 Å². The van der Waals surface area contributed by atoms with Crippen molar-refractivity contribution >= 4 is 0 Å². The van der Waals surface area contributed by atoms with Crippen LogP contribution in [0.3, 0.4) is 0 Å². The van der Waals surface area contributed by atoms with Crippen LogP contribution in [0.25, 0.3) is 0 Å². The number of hydrogen-bond donors (Lipinski definition) is 1. The lowest BCUT2D eigenvalue weighted by Gasteiger charge is -2.19. The number of hydrogen-bond acceptors (Lipinski definition) is 3. The van der Waals surface area contributed by atoms with E-state index in [1.807, 2.05) is 4.57 Å². The van der Waals surface area contributed by atoms with Crippen molar-refractivity contribution in [2.45, 2.75) is 38.8 Å². The first-order valence-corrected chi connectivity index (χ1v) is 4.40. The van der Waals surface area contributed by atoms with Gasteiger partial charge in [-0.3, -0.25) is 0 Å². The molecule has 1 aromatic rings. The first-order chi connectivity index (χ1) is 5.81. The highest BCUT2D eigenvalue weighted by Gasteiger charge is 2.19. The average molecular weight is 167 g/mol. The summed E-state index contributed by atoms with van der Waals surface area (Å²) in [5.41, 5.74) is 0. The molecule has 4 nitrogen and oxygen atoms in total. The molecule has 0 aromatic carbocycles. The predicted molar refractivity (Wildman–Crippen MR) is 43.7 cm³/mol. The Kier molecular flexibility index (Phi) is 1.84. The van der Waals surface area contributed by atoms with Gasteiger partial charge in [-0.15, -0.1) is 10.2 Å². The molecule has 0 bridgehead atoms. The average Bonchev–Trinajstić information content (AvgIpc) is 2.46. The highest BCUT2D eigenvalue weighted by Crippen LogP contribution is 2.14. The van der Waals surface area contributed by atoms with Crippen LogP contribution < -0.4 is 0 Å². The fourth-order valence-electron chi connectivity index (χ4n) is 1.63. The lowest BCUT2D eigenvalue weighted by Crippen LogP contribution is -2.25. The van der Waals surface area contributed by atoms with Gasteiger partial charge in [-0.1, -0.05) is 6.92 Å². The van der Waals surface area contributed by atoms with Crippen molar-refractivity contribution in [2.24, 2.45) is 0 Å². The molecule has 0 fully saturated rings. The van der Waals surface area contributed by atoms with Crippen LogP contribution in [0.2, 0.25) is 0 Å². The lowest BCUT2D eigenvalue weighted by atomic mass is 10.1. The standard InChI is InChI=1S/C8H13N3O/c1-2-7-9-10-8-4-3-6(12)5-11(7)8/h6,12H,2-5H2,1H3. The van der Waals surface area contributed by atoms with Crippen LogP contribution in [-0.2, 0) is 19.4 Å². The third-order valence-corrected chi connectivity index (χ3v) is 2.31. The number of nitrogens with zero attached hydrogens (tertiary/aromatic N) is 3. The minimum Gasteiger partial charge on any atom is -0.391 e. The molecule has 0 saturated carbocycles. The molecule has 4 heteroatoms. The summed E-state index contributed by atoms with van der Waals surface area (Å²) < 4.78 is 2.04. The summed E-state index contributed by atoms with van der Waals surface area (Å²) >= 11 is 0. The maximum Gasteiger partial charge on any atom is 0.133 e. The van der Waals surface area contributed by atoms with Crippen molar-refractivity contribution in [1.29, 1.82) is 0 Å². The van der Waals surface area contributed by atoms with Gasteiger partial charge in [-0.25, -0.2) is 0 Å². The molecule has 1 unspecified atom stereocenters.